The van der Waals surface area contributed by atoms with E-state index in [4.69, 9.17) is 0 Å². The predicted octanol–water partition coefficient (Wildman–Crippen LogP) is 2.12. The van der Waals surface area contributed by atoms with E-state index in [2.05, 4.69) is 25.7 Å². The predicted molar refractivity (Wildman–Crippen MR) is 52.4 cm³/mol. The highest BCUT2D eigenvalue weighted by Gasteiger charge is 2.15. The first-order chi connectivity index (χ1) is 6.15. The number of carbonyl (C=O) groups is 1. The van der Waals surface area contributed by atoms with Crippen molar-refractivity contribution in [1.82, 2.24) is 4.98 Å². The average Bonchev–Trinajstić information content (AvgIpc) is 2.15. The number of esters is 1. The molecular formula is C9H10BrNO2. The van der Waals surface area contributed by atoms with E-state index >= 15 is 0 Å². The van der Waals surface area contributed by atoms with Crippen LogP contribution >= 0.6 is 15.9 Å². The van der Waals surface area contributed by atoms with Crippen LogP contribution < -0.4 is 0 Å². The van der Waals surface area contributed by atoms with Gasteiger partial charge in [0.1, 0.15) is 0 Å². The minimum absolute atomic E-state index is 0.250. The van der Waals surface area contributed by atoms with Gasteiger partial charge in [0, 0.05) is 16.9 Å². The van der Waals surface area contributed by atoms with Gasteiger partial charge in [-0.2, -0.15) is 0 Å². The lowest BCUT2D eigenvalue weighted by Crippen LogP contribution is -2.10. The number of rotatable bonds is 2. The van der Waals surface area contributed by atoms with Crippen molar-refractivity contribution < 1.29 is 9.53 Å². The van der Waals surface area contributed by atoms with Crippen LogP contribution in [0.15, 0.2) is 22.9 Å². The highest BCUT2D eigenvalue weighted by molar-refractivity contribution is 9.10. The Balaban J connectivity index is 2.88. The third-order valence-electron chi connectivity index (χ3n) is 1.78. The molecule has 0 aliphatic rings. The Morgan fingerprint density at radius 1 is 1.62 bits per heavy atom. The zero-order valence-electron chi connectivity index (χ0n) is 7.45. The third-order valence-corrected chi connectivity index (χ3v) is 2.21. The van der Waals surface area contributed by atoms with Gasteiger partial charge < -0.3 is 4.74 Å². The number of hydrogen-bond acceptors (Lipinski definition) is 3. The first-order valence-electron chi connectivity index (χ1n) is 3.83. The lowest BCUT2D eigenvalue weighted by atomic mass is 10.0. The number of methoxy groups -OCH3 is 1. The second kappa shape index (κ2) is 4.37. The minimum atomic E-state index is -0.269. The van der Waals surface area contributed by atoms with Gasteiger partial charge in [0.05, 0.1) is 13.0 Å². The normalized spacial score (nSPS) is 12.2. The quantitative estimate of drug-likeness (QED) is 0.748. The molecule has 0 saturated carbocycles. The van der Waals surface area contributed by atoms with Gasteiger partial charge in [-0.1, -0.05) is 0 Å². The standard InChI is InChI=1S/C9H10BrNO2/c1-6(9(12)13-2)7-3-8(10)5-11-4-7/h3-6H,1-2H3. The number of pyridine rings is 1. The molecule has 0 radical (unpaired) electrons. The molecule has 70 valence electrons. The second-order valence-electron chi connectivity index (χ2n) is 2.68. The van der Waals surface area contributed by atoms with E-state index in [1.165, 1.54) is 7.11 Å². The van der Waals surface area contributed by atoms with Crippen LogP contribution in [0.2, 0.25) is 0 Å². The molecule has 3 nitrogen and oxygen atoms in total. The van der Waals surface area contributed by atoms with E-state index in [9.17, 15) is 4.79 Å². The van der Waals surface area contributed by atoms with E-state index in [1.54, 1.807) is 19.3 Å². The van der Waals surface area contributed by atoms with Crippen molar-refractivity contribution in [3.05, 3.63) is 28.5 Å². The Morgan fingerprint density at radius 2 is 2.31 bits per heavy atom. The zero-order valence-corrected chi connectivity index (χ0v) is 9.04. The van der Waals surface area contributed by atoms with Crippen LogP contribution in [0.5, 0.6) is 0 Å². The monoisotopic (exact) mass is 243 g/mol. The summed E-state index contributed by atoms with van der Waals surface area (Å²) in [6.07, 6.45) is 3.33. The number of halogens is 1. The molecule has 0 N–H and O–H groups in total. The fraction of sp³-hybridized carbons (Fsp3) is 0.333. The molecule has 13 heavy (non-hydrogen) atoms. The van der Waals surface area contributed by atoms with Crippen molar-refractivity contribution in [1.29, 1.82) is 0 Å². The lowest BCUT2D eigenvalue weighted by Gasteiger charge is -2.08. The van der Waals surface area contributed by atoms with E-state index in [0.717, 1.165) is 10.0 Å². The van der Waals surface area contributed by atoms with Gasteiger partial charge in [0.2, 0.25) is 0 Å². The fourth-order valence-corrected chi connectivity index (χ4v) is 1.36. The van der Waals surface area contributed by atoms with Gasteiger partial charge >= 0.3 is 5.97 Å². The van der Waals surface area contributed by atoms with Crippen molar-refractivity contribution in [2.75, 3.05) is 7.11 Å². The summed E-state index contributed by atoms with van der Waals surface area (Å²) < 4.78 is 5.49. The third kappa shape index (κ3) is 2.52. The second-order valence-corrected chi connectivity index (χ2v) is 3.60. The Bertz CT molecular complexity index is 314. The van der Waals surface area contributed by atoms with Gasteiger partial charge in [-0.05, 0) is 34.5 Å². The molecule has 4 heteroatoms. The smallest absolute Gasteiger partial charge is 0.312 e. The molecule has 0 bridgehead atoms. The molecule has 0 fully saturated rings. The van der Waals surface area contributed by atoms with Gasteiger partial charge in [0.25, 0.3) is 0 Å². The van der Waals surface area contributed by atoms with Gasteiger partial charge in [-0.3, -0.25) is 9.78 Å². The number of aromatic nitrogens is 1. The van der Waals surface area contributed by atoms with Crippen LogP contribution in [0.25, 0.3) is 0 Å². The number of hydrogen-bond donors (Lipinski definition) is 0. The summed E-state index contributed by atoms with van der Waals surface area (Å²) in [4.78, 5) is 15.1. The van der Waals surface area contributed by atoms with Crippen LogP contribution in [-0.4, -0.2) is 18.1 Å². The summed E-state index contributed by atoms with van der Waals surface area (Å²) in [5.41, 5.74) is 0.848. The van der Waals surface area contributed by atoms with Crippen LogP contribution in [-0.2, 0) is 9.53 Å². The molecule has 0 saturated heterocycles. The van der Waals surface area contributed by atoms with Crippen LogP contribution in [0.3, 0.4) is 0 Å². The molecule has 0 aliphatic heterocycles. The number of nitrogens with zero attached hydrogens (tertiary/aromatic N) is 1. The van der Waals surface area contributed by atoms with Crippen LogP contribution in [0.1, 0.15) is 18.4 Å². The van der Waals surface area contributed by atoms with Crippen LogP contribution in [0, 0.1) is 0 Å². The molecule has 0 amide bonds. The van der Waals surface area contributed by atoms with E-state index in [0.29, 0.717) is 0 Å². The zero-order chi connectivity index (χ0) is 9.84. The number of carbonyl (C=O) groups excluding carboxylic acids is 1. The van der Waals surface area contributed by atoms with Gasteiger partial charge in [-0.25, -0.2) is 0 Å². The summed E-state index contributed by atoms with van der Waals surface area (Å²) in [6.45, 7) is 1.79. The molecule has 1 aromatic rings. The summed E-state index contributed by atoms with van der Waals surface area (Å²) in [5.74, 6) is -0.519. The number of ether oxygens (including phenoxy) is 1. The highest BCUT2D eigenvalue weighted by atomic mass is 79.9. The minimum Gasteiger partial charge on any atom is -0.469 e. The Labute approximate surface area is 85.3 Å². The first-order valence-corrected chi connectivity index (χ1v) is 4.62. The van der Waals surface area contributed by atoms with Gasteiger partial charge in [-0.15, -0.1) is 0 Å². The van der Waals surface area contributed by atoms with E-state index in [1.807, 2.05) is 6.07 Å². The molecular weight excluding hydrogens is 234 g/mol. The summed E-state index contributed by atoms with van der Waals surface area (Å²) in [5, 5.41) is 0. The van der Waals surface area contributed by atoms with Crippen molar-refractivity contribution in [3.8, 4) is 0 Å². The topological polar surface area (TPSA) is 39.2 Å². The van der Waals surface area contributed by atoms with Crippen LogP contribution in [0.4, 0.5) is 0 Å². The summed E-state index contributed by atoms with van der Waals surface area (Å²) in [6, 6.07) is 1.86. The Kier molecular flexibility index (Phi) is 3.42. The highest BCUT2D eigenvalue weighted by Crippen LogP contribution is 2.18. The molecule has 1 rings (SSSR count). The molecule has 1 atom stereocenters. The van der Waals surface area contributed by atoms with E-state index in [-0.39, 0.29) is 11.9 Å². The van der Waals surface area contributed by atoms with Crippen molar-refractivity contribution in [2.24, 2.45) is 0 Å². The Hall–Kier alpha value is -0.900. The molecule has 1 unspecified atom stereocenters. The summed E-state index contributed by atoms with van der Waals surface area (Å²) in [7, 11) is 1.38. The Morgan fingerprint density at radius 3 is 2.85 bits per heavy atom. The van der Waals surface area contributed by atoms with Crippen molar-refractivity contribution >= 4 is 21.9 Å². The maximum absolute atomic E-state index is 11.2. The lowest BCUT2D eigenvalue weighted by molar-refractivity contribution is -0.142. The SMILES string of the molecule is COC(=O)C(C)c1cncc(Br)c1. The average molecular weight is 244 g/mol. The first kappa shape index (κ1) is 10.2. The molecule has 0 aliphatic carbocycles. The van der Waals surface area contributed by atoms with Crippen molar-refractivity contribution in [2.45, 2.75) is 12.8 Å². The van der Waals surface area contributed by atoms with E-state index < -0.39 is 0 Å². The molecule has 1 aromatic heterocycles. The maximum Gasteiger partial charge on any atom is 0.312 e. The maximum atomic E-state index is 11.2. The molecule has 1 heterocycles. The molecule has 0 spiro atoms. The largest absolute Gasteiger partial charge is 0.469 e. The van der Waals surface area contributed by atoms with Crippen molar-refractivity contribution in [3.63, 3.8) is 0 Å². The van der Waals surface area contributed by atoms with Gasteiger partial charge in [0.15, 0.2) is 0 Å². The fourth-order valence-electron chi connectivity index (χ4n) is 0.978. The summed E-state index contributed by atoms with van der Waals surface area (Å²) >= 11 is 3.29. The molecule has 0 aromatic carbocycles.